The molecule has 1 rings (SSSR count). The highest BCUT2D eigenvalue weighted by Crippen LogP contribution is 2.24. The van der Waals surface area contributed by atoms with Crippen molar-refractivity contribution in [3.8, 4) is 5.75 Å². The molecule has 98 valence electrons. The molecule has 0 radical (unpaired) electrons. The summed E-state index contributed by atoms with van der Waals surface area (Å²) in [5.74, 6) is -4.51. The van der Waals surface area contributed by atoms with Gasteiger partial charge in [0, 0.05) is 0 Å². The van der Waals surface area contributed by atoms with Crippen LogP contribution >= 0.6 is 0 Å². The number of ether oxygens (including phenoxy) is 1. The SMILES string of the molecule is COc1ccc(C(=O)O)nc1NC(=O)C(F)(F)F. The van der Waals surface area contributed by atoms with Gasteiger partial charge in [0.2, 0.25) is 0 Å². The number of carboxylic acid groups (broad SMARTS) is 1. The summed E-state index contributed by atoms with van der Waals surface area (Å²) < 4.78 is 40.8. The number of carbonyl (C=O) groups is 2. The number of anilines is 1. The minimum Gasteiger partial charge on any atom is -0.493 e. The van der Waals surface area contributed by atoms with Crippen LogP contribution in [0.5, 0.6) is 5.75 Å². The highest BCUT2D eigenvalue weighted by molar-refractivity contribution is 5.96. The number of alkyl halides is 3. The summed E-state index contributed by atoms with van der Waals surface area (Å²) in [4.78, 5) is 24.6. The van der Waals surface area contributed by atoms with E-state index in [0.29, 0.717) is 0 Å². The summed E-state index contributed by atoms with van der Waals surface area (Å²) in [5, 5.41) is 10.1. The fourth-order valence-corrected chi connectivity index (χ4v) is 0.998. The van der Waals surface area contributed by atoms with Crippen LogP contribution in [0, 0.1) is 0 Å². The molecule has 0 aliphatic rings. The van der Waals surface area contributed by atoms with Crippen LogP contribution in [0.25, 0.3) is 0 Å². The zero-order chi connectivity index (χ0) is 13.9. The van der Waals surface area contributed by atoms with E-state index < -0.39 is 29.6 Å². The monoisotopic (exact) mass is 264 g/mol. The quantitative estimate of drug-likeness (QED) is 0.858. The Morgan fingerprint density at radius 2 is 2.00 bits per heavy atom. The van der Waals surface area contributed by atoms with Crippen molar-refractivity contribution in [2.75, 3.05) is 12.4 Å². The molecule has 6 nitrogen and oxygen atoms in total. The Morgan fingerprint density at radius 3 is 2.44 bits per heavy atom. The third-order valence-electron chi connectivity index (χ3n) is 1.79. The molecule has 0 aromatic carbocycles. The second-order valence-electron chi connectivity index (χ2n) is 3.00. The van der Waals surface area contributed by atoms with Gasteiger partial charge in [-0.15, -0.1) is 0 Å². The van der Waals surface area contributed by atoms with Gasteiger partial charge >= 0.3 is 18.1 Å². The number of methoxy groups -OCH3 is 1. The van der Waals surface area contributed by atoms with E-state index in [1.165, 1.54) is 5.32 Å². The average Bonchev–Trinajstić information content (AvgIpc) is 2.27. The molecule has 1 heterocycles. The van der Waals surface area contributed by atoms with Gasteiger partial charge in [0.05, 0.1) is 7.11 Å². The van der Waals surface area contributed by atoms with Gasteiger partial charge < -0.3 is 9.84 Å². The van der Waals surface area contributed by atoms with Gasteiger partial charge in [0.25, 0.3) is 0 Å². The van der Waals surface area contributed by atoms with Crippen molar-refractivity contribution in [3.05, 3.63) is 17.8 Å². The number of aromatic nitrogens is 1. The predicted molar refractivity (Wildman–Crippen MR) is 52.4 cm³/mol. The Hall–Kier alpha value is -2.32. The number of pyridine rings is 1. The van der Waals surface area contributed by atoms with Crippen molar-refractivity contribution in [1.29, 1.82) is 0 Å². The van der Waals surface area contributed by atoms with Crippen molar-refractivity contribution < 1.29 is 32.6 Å². The number of hydrogen-bond acceptors (Lipinski definition) is 4. The summed E-state index contributed by atoms with van der Waals surface area (Å²) in [7, 11) is 1.14. The van der Waals surface area contributed by atoms with Crippen LogP contribution in [0.15, 0.2) is 12.1 Å². The normalized spacial score (nSPS) is 10.9. The first-order chi connectivity index (χ1) is 8.25. The standard InChI is InChI=1S/C9H7F3N2O4/c1-18-5-3-2-4(7(15)16)13-6(5)14-8(17)9(10,11)12/h2-3H,1H3,(H,15,16)(H,13,14,17). The van der Waals surface area contributed by atoms with Gasteiger partial charge in [-0.3, -0.25) is 10.1 Å². The molecule has 0 unspecified atom stereocenters. The smallest absolute Gasteiger partial charge is 0.471 e. The minimum atomic E-state index is -5.11. The highest BCUT2D eigenvalue weighted by atomic mass is 19.4. The van der Waals surface area contributed by atoms with Gasteiger partial charge in [-0.1, -0.05) is 0 Å². The van der Waals surface area contributed by atoms with Crippen LogP contribution in [0.2, 0.25) is 0 Å². The molecular weight excluding hydrogens is 257 g/mol. The number of halogens is 3. The second kappa shape index (κ2) is 4.90. The number of rotatable bonds is 3. The molecule has 0 fully saturated rings. The van der Waals surface area contributed by atoms with Crippen LogP contribution in [-0.4, -0.2) is 35.3 Å². The van der Waals surface area contributed by atoms with Crippen molar-refractivity contribution >= 4 is 17.7 Å². The lowest BCUT2D eigenvalue weighted by atomic mass is 10.3. The number of carboxylic acids is 1. The van der Waals surface area contributed by atoms with Crippen molar-refractivity contribution in [2.24, 2.45) is 0 Å². The molecule has 0 aliphatic heterocycles. The Kier molecular flexibility index (Phi) is 3.74. The maximum atomic E-state index is 12.0. The first-order valence-electron chi connectivity index (χ1n) is 4.42. The molecule has 1 amide bonds. The molecule has 2 N–H and O–H groups in total. The first-order valence-corrected chi connectivity index (χ1v) is 4.42. The van der Waals surface area contributed by atoms with Crippen LogP contribution in [-0.2, 0) is 4.79 Å². The largest absolute Gasteiger partial charge is 0.493 e. The van der Waals surface area contributed by atoms with Gasteiger partial charge in [0.1, 0.15) is 0 Å². The number of amides is 1. The Bertz CT molecular complexity index is 487. The van der Waals surface area contributed by atoms with E-state index in [4.69, 9.17) is 5.11 Å². The molecule has 0 aliphatic carbocycles. The third kappa shape index (κ3) is 3.09. The third-order valence-corrected chi connectivity index (χ3v) is 1.79. The second-order valence-corrected chi connectivity index (χ2v) is 3.00. The van der Waals surface area contributed by atoms with E-state index in [2.05, 4.69) is 9.72 Å². The van der Waals surface area contributed by atoms with Crippen LogP contribution in [0.3, 0.4) is 0 Å². The molecular formula is C9H7F3N2O4. The van der Waals surface area contributed by atoms with Gasteiger partial charge in [-0.2, -0.15) is 13.2 Å². The van der Waals surface area contributed by atoms with Crippen LogP contribution < -0.4 is 10.1 Å². The summed E-state index contributed by atoms with van der Waals surface area (Å²) >= 11 is 0. The fourth-order valence-electron chi connectivity index (χ4n) is 0.998. The number of carbonyl (C=O) groups excluding carboxylic acids is 1. The van der Waals surface area contributed by atoms with E-state index in [0.717, 1.165) is 19.2 Å². The fraction of sp³-hybridized carbons (Fsp3) is 0.222. The molecule has 0 spiro atoms. The molecule has 18 heavy (non-hydrogen) atoms. The average molecular weight is 264 g/mol. The van der Waals surface area contributed by atoms with E-state index in [1.54, 1.807) is 0 Å². The number of hydrogen-bond donors (Lipinski definition) is 2. The lowest BCUT2D eigenvalue weighted by molar-refractivity contribution is -0.167. The Labute approximate surface area is 98.4 Å². The predicted octanol–water partition coefficient (Wildman–Crippen LogP) is 1.29. The first kappa shape index (κ1) is 13.7. The van der Waals surface area contributed by atoms with Crippen molar-refractivity contribution in [1.82, 2.24) is 4.98 Å². The maximum absolute atomic E-state index is 12.0. The number of nitrogens with one attached hydrogen (secondary N) is 1. The van der Waals surface area contributed by atoms with Gasteiger partial charge in [0.15, 0.2) is 17.3 Å². The molecule has 0 saturated heterocycles. The molecule has 9 heteroatoms. The van der Waals surface area contributed by atoms with Crippen molar-refractivity contribution in [3.63, 3.8) is 0 Å². The van der Waals surface area contributed by atoms with E-state index >= 15 is 0 Å². The van der Waals surface area contributed by atoms with Crippen molar-refractivity contribution in [2.45, 2.75) is 6.18 Å². The summed E-state index contributed by atoms with van der Waals surface area (Å²) in [6.07, 6.45) is -5.11. The summed E-state index contributed by atoms with van der Waals surface area (Å²) in [5.41, 5.74) is -0.520. The zero-order valence-corrected chi connectivity index (χ0v) is 8.91. The maximum Gasteiger partial charge on any atom is 0.471 e. The number of nitrogens with zero attached hydrogens (tertiary/aromatic N) is 1. The van der Waals surface area contributed by atoms with Crippen LogP contribution in [0.1, 0.15) is 10.5 Å². The van der Waals surface area contributed by atoms with E-state index in [9.17, 15) is 22.8 Å². The highest BCUT2D eigenvalue weighted by Gasteiger charge is 2.39. The van der Waals surface area contributed by atoms with Gasteiger partial charge in [-0.05, 0) is 12.1 Å². The lowest BCUT2D eigenvalue weighted by Crippen LogP contribution is -2.30. The van der Waals surface area contributed by atoms with Crippen LogP contribution in [0.4, 0.5) is 19.0 Å². The molecule has 0 saturated carbocycles. The van der Waals surface area contributed by atoms with E-state index in [-0.39, 0.29) is 5.75 Å². The topological polar surface area (TPSA) is 88.5 Å². The number of aromatic carboxylic acids is 1. The Morgan fingerprint density at radius 1 is 1.39 bits per heavy atom. The molecule has 0 atom stereocenters. The van der Waals surface area contributed by atoms with E-state index in [1.807, 2.05) is 0 Å². The molecule has 1 aromatic rings. The van der Waals surface area contributed by atoms with Gasteiger partial charge in [-0.25, -0.2) is 9.78 Å². The summed E-state index contributed by atoms with van der Waals surface area (Å²) in [6.45, 7) is 0. The summed E-state index contributed by atoms with van der Waals surface area (Å²) in [6, 6.07) is 2.12. The zero-order valence-electron chi connectivity index (χ0n) is 8.91. The lowest BCUT2D eigenvalue weighted by Gasteiger charge is -2.11. The molecule has 1 aromatic heterocycles. The Balaban J connectivity index is 3.09. The minimum absolute atomic E-state index is 0.183. The molecule has 0 bridgehead atoms.